The first-order valence-corrected chi connectivity index (χ1v) is 10.8. The first-order chi connectivity index (χ1) is 14.2. The lowest BCUT2D eigenvalue weighted by Gasteiger charge is -2.25. The van der Waals surface area contributed by atoms with Crippen LogP contribution < -0.4 is 19.1 Å². The van der Waals surface area contributed by atoms with Gasteiger partial charge in [0.1, 0.15) is 19.8 Å². The van der Waals surface area contributed by atoms with E-state index >= 15 is 0 Å². The molecule has 0 aromatic heterocycles. The number of non-ortho nitro benzene ring substituents is 1. The van der Waals surface area contributed by atoms with Crippen molar-refractivity contribution in [2.24, 2.45) is 0 Å². The number of hydrogen-bond acceptors (Lipinski definition) is 7. The number of carbonyl (C=O) groups is 1. The van der Waals surface area contributed by atoms with E-state index in [0.717, 1.165) is 10.4 Å². The molecular weight excluding hydrogens is 438 g/mol. The van der Waals surface area contributed by atoms with E-state index in [0.29, 0.717) is 24.7 Å². The van der Waals surface area contributed by atoms with Crippen LogP contribution in [0.1, 0.15) is 6.92 Å². The number of ether oxygens (including phenoxy) is 2. The number of sulfonamides is 1. The normalized spacial score (nSPS) is 12.9. The predicted octanol–water partition coefficient (Wildman–Crippen LogP) is 2.81. The second kappa shape index (κ2) is 8.76. The number of rotatable bonds is 7. The van der Waals surface area contributed by atoms with Crippen molar-refractivity contribution < 1.29 is 27.6 Å². The maximum atomic E-state index is 12.6. The lowest BCUT2D eigenvalue weighted by Crippen LogP contribution is -2.39. The van der Waals surface area contributed by atoms with Crippen LogP contribution in [-0.4, -0.2) is 44.8 Å². The fraction of sp³-hybridized carbons (Fsp3) is 0.278. The molecular formula is C18H18ClN3O7S. The van der Waals surface area contributed by atoms with E-state index < -0.39 is 27.4 Å². The molecule has 1 aliphatic heterocycles. The summed E-state index contributed by atoms with van der Waals surface area (Å²) in [7, 11) is -3.82. The number of carbonyl (C=O) groups excluding carboxylic acids is 1. The predicted molar refractivity (Wildman–Crippen MR) is 111 cm³/mol. The monoisotopic (exact) mass is 455 g/mol. The summed E-state index contributed by atoms with van der Waals surface area (Å²) in [4.78, 5) is 22.9. The molecule has 2 aromatic rings. The average Bonchev–Trinajstić information content (AvgIpc) is 2.73. The third-order valence-electron chi connectivity index (χ3n) is 4.24. The molecule has 1 aliphatic rings. The van der Waals surface area contributed by atoms with Gasteiger partial charge in [-0.2, -0.15) is 0 Å². The van der Waals surface area contributed by atoms with Crippen molar-refractivity contribution in [3.05, 3.63) is 51.5 Å². The van der Waals surface area contributed by atoms with Crippen molar-refractivity contribution in [2.75, 3.05) is 35.1 Å². The molecule has 0 saturated heterocycles. The smallest absolute Gasteiger partial charge is 0.271 e. The van der Waals surface area contributed by atoms with Gasteiger partial charge in [-0.05, 0) is 25.1 Å². The van der Waals surface area contributed by atoms with Crippen molar-refractivity contribution >= 4 is 44.6 Å². The second-order valence-electron chi connectivity index (χ2n) is 6.20. The van der Waals surface area contributed by atoms with Gasteiger partial charge in [-0.1, -0.05) is 11.6 Å². The molecule has 0 saturated carbocycles. The lowest BCUT2D eigenvalue weighted by atomic mass is 10.2. The van der Waals surface area contributed by atoms with Gasteiger partial charge in [0, 0.05) is 18.2 Å². The van der Waals surface area contributed by atoms with Crippen LogP contribution in [0.3, 0.4) is 0 Å². The van der Waals surface area contributed by atoms with E-state index in [1.54, 1.807) is 6.07 Å². The molecule has 3 rings (SSSR count). The van der Waals surface area contributed by atoms with Gasteiger partial charge in [-0.3, -0.25) is 19.2 Å². The Balaban J connectivity index is 1.87. The Morgan fingerprint density at radius 2 is 1.90 bits per heavy atom. The van der Waals surface area contributed by atoms with Gasteiger partial charge in [0.15, 0.2) is 11.5 Å². The highest BCUT2D eigenvalue weighted by atomic mass is 35.5. The van der Waals surface area contributed by atoms with E-state index in [9.17, 15) is 23.3 Å². The number of amides is 1. The molecule has 0 atom stereocenters. The van der Waals surface area contributed by atoms with Crippen LogP contribution in [0.5, 0.6) is 11.5 Å². The number of nitrogens with one attached hydrogen (secondary N) is 1. The molecule has 1 N–H and O–H groups in total. The molecule has 160 valence electrons. The zero-order valence-corrected chi connectivity index (χ0v) is 17.4. The maximum Gasteiger partial charge on any atom is 0.271 e. The molecule has 1 amide bonds. The zero-order chi connectivity index (χ0) is 21.9. The van der Waals surface area contributed by atoms with Crippen LogP contribution >= 0.6 is 11.6 Å². The largest absolute Gasteiger partial charge is 0.486 e. The van der Waals surface area contributed by atoms with Gasteiger partial charge < -0.3 is 14.8 Å². The molecule has 2 aromatic carbocycles. The quantitative estimate of drug-likeness (QED) is 0.502. The lowest BCUT2D eigenvalue weighted by molar-refractivity contribution is -0.384. The highest BCUT2D eigenvalue weighted by Crippen LogP contribution is 2.35. The van der Waals surface area contributed by atoms with Gasteiger partial charge in [0.2, 0.25) is 15.9 Å². The fourth-order valence-corrected chi connectivity index (χ4v) is 3.96. The Labute approximate surface area is 177 Å². The Morgan fingerprint density at radius 3 is 2.57 bits per heavy atom. The van der Waals surface area contributed by atoms with E-state index in [1.165, 1.54) is 31.2 Å². The SMILES string of the molecule is CCS(=O)(=O)N(CC(=O)Nc1cc([N+](=O)[O-])ccc1Cl)c1ccc2c(c1)OCCO2. The summed E-state index contributed by atoms with van der Waals surface area (Å²) in [5.41, 5.74) is -0.0344. The first-order valence-electron chi connectivity index (χ1n) is 8.85. The summed E-state index contributed by atoms with van der Waals surface area (Å²) in [6.07, 6.45) is 0. The molecule has 0 spiro atoms. The molecule has 0 radical (unpaired) electrons. The second-order valence-corrected chi connectivity index (χ2v) is 8.79. The molecule has 0 unspecified atom stereocenters. The number of anilines is 2. The summed E-state index contributed by atoms with van der Waals surface area (Å²) in [5, 5.41) is 13.4. The summed E-state index contributed by atoms with van der Waals surface area (Å²) in [5.74, 6) is -0.111. The fourth-order valence-electron chi connectivity index (χ4n) is 2.74. The minimum atomic E-state index is -3.82. The Bertz CT molecular complexity index is 1090. The summed E-state index contributed by atoms with van der Waals surface area (Å²) >= 11 is 6.00. The molecule has 12 heteroatoms. The third kappa shape index (κ3) is 4.74. The number of nitro benzene ring substituents is 1. The van der Waals surface area contributed by atoms with Gasteiger partial charge in [0.25, 0.3) is 5.69 Å². The number of nitrogens with zero attached hydrogens (tertiary/aromatic N) is 2. The minimum absolute atomic E-state index is 0.00638. The van der Waals surface area contributed by atoms with Gasteiger partial charge in [-0.25, -0.2) is 8.42 Å². The van der Waals surface area contributed by atoms with Crippen molar-refractivity contribution in [1.82, 2.24) is 0 Å². The van der Waals surface area contributed by atoms with Crippen LogP contribution in [0.25, 0.3) is 0 Å². The topological polar surface area (TPSA) is 128 Å². The van der Waals surface area contributed by atoms with Crippen molar-refractivity contribution in [2.45, 2.75) is 6.92 Å². The van der Waals surface area contributed by atoms with E-state index in [-0.39, 0.29) is 27.8 Å². The zero-order valence-electron chi connectivity index (χ0n) is 15.8. The number of halogens is 1. The Hall–Kier alpha value is -3.05. The highest BCUT2D eigenvalue weighted by Gasteiger charge is 2.26. The third-order valence-corrected chi connectivity index (χ3v) is 6.31. The van der Waals surface area contributed by atoms with Gasteiger partial charge in [0.05, 0.1) is 27.1 Å². The van der Waals surface area contributed by atoms with Crippen LogP contribution in [0.4, 0.5) is 17.1 Å². The number of hydrogen-bond donors (Lipinski definition) is 1. The summed E-state index contributed by atoms with van der Waals surface area (Å²) in [6, 6.07) is 8.13. The van der Waals surface area contributed by atoms with E-state index in [1.807, 2.05) is 0 Å². The average molecular weight is 456 g/mol. The van der Waals surface area contributed by atoms with Crippen molar-refractivity contribution in [3.63, 3.8) is 0 Å². The van der Waals surface area contributed by atoms with Gasteiger partial charge >= 0.3 is 0 Å². The molecule has 10 nitrogen and oxygen atoms in total. The standard InChI is InChI=1S/C18H18ClN3O7S/c1-2-30(26,27)21(12-4-6-16-17(10-12)29-8-7-28-16)11-18(23)20-15-9-13(22(24)25)3-5-14(15)19/h3-6,9-10H,2,7-8,11H2,1H3,(H,20,23). The van der Waals surface area contributed by atoms with Crippen molar-refractivity contribution in [1.29, 1.82) is 0 Å². The van der Waals surface area contributed by atoms with Crippen LogP contribution in [-0.2, 0) is 14.8 Å². The molecule has 0 bridgehead atoms. The summed E-state index contributed by atoms with van der Waals surface area (Å²) < 4.78 is 37.1. The molecule has 1 heterocycles. The molecule has 0 aliphatic carbocycles. The highest BCUT2D eigenvalue weighted by molar-refractivity contribution is 7.92. The van der Waals surface area contributed by atoms with E-state index in [2.05, 4.69) is 5.32 Å². The van der Waals surface area contributed by atoms with Crippen LogP contribution in [0.15, 0.2) is 36.4 Å². The first kappa shape index (κ1) is 21.7. The van der Waals surface area contributed by atoms with E-state index in [4.69, 9.17) is 21.1 Å². The number of fused-ring (bicyclic) bond motifs is 1. The van der Waals surface area contributed by atoms with Gasteiger partial charge in [-0.15, -0.1) is 0 Å². The number of nitro groups is 1. The van der Waals surface area contributed by atoms with Crippen LogP contribution in [0, 0.1) is 10.1 Å². The van der Waals surface area contributed by atoms with Crippen LogP contribution in [0.2, 0.25) is 5.02 Å². The Kier molecular flexibility index (Phi) is 6.32. The molecule has 30 heavy (non-hydrogen) atoms. The Morgan fingerprint density at radius 1 is 1.20 bits per heavy atom. The molecule has 0 fully saturated rings. The minimum Gasteiger partial charge on any atom is -0.486 e. The van der Waals surface area contributed by atoms with Crippen molar-refractivity contribution in [3.8, 4) is 11.5 Å². The number of benzene rings is 2. The maximum absolute atomic E-state index is 12.6. The summed E-state index contributed by atoms with van der Waals surface area (Å²) in [6.45, 7) is 1.60.